The van der Waals surface area contributed by atoms with E-state index in [4.69, 9.17) is 51.6 Å². The average molecular weight is 808 g/mol. The highest BCUT2D eigenvalue weighted by molar-refractivity contribution is 6.32. The average Bonchev–Trinajstić information content (AvgIpc) is 3.44. The van der Waals surface area contributed by atoms with Gasteiger partial charge in [-0.25, -0.2) is 4.79 Å². The quantitative estimate of drug-likeness (QED) is 0.142. The lowest BCUT2D eigenvalue weighted by atomic mass is 9.77. The van der Waals surface area contributed by atoms with Crippen LogP contribution in [0.5, 0.6) is 23.0 Å². The van der Waals surface area contributed by atoms with E-state index in [1.807, 2.05) is 0 Å². The number of halogens is 2. The molecule has 55 heavy (non-hydrogen) atoms. The molecule has 2 amide bonds. The Bertz CT molecular complexity index is 1910. The molecule has 0 unspecified atom stereocenters. The number of rotatable bonds is 8. The maximum absolute atomic E-state index is 13.5. The van der Waals surface area contributed by atoms with Crippen LogP contribution >= 0.6 is 23.2 Å². The number of nitrogens with one attached hydrogen (secondary N) is 2. The topological polar surface area (TPSA) is 252 Å². The van der Waals surface area contributed by atoms with E-state index in [1.165, 1.54) is 38.1 Å². The van der Waals surface area contributed by atoms with Gasteiger partial charge in [0, 0.05) is 42.7 Å². The third kappa shape index (κ3) is 6.73. The Hall–Kier alpha value is -4.27. The molecule has 19 heteroatoms. The fourth-order valence-electron chi connectivity index (χ4n) is 7.24. The summed E-state index contributed by atoms with van der Waals surface area (Å²) in [6.45, 7) is 0.987. The number of carbonyl (C=O) groups excluding carboxylic acids is 3. The summed E-state index contributed by atoms with van der Waals surface area (Å²) in [5.74, 6) is -1.94. The second-order valence-electron chi connectivity index (χ2n) is 13.4. The lowest BCUT2D eigenvalue weighted by molar-refractivity contribution is -0.244. The van der Waals surface area contributed by atoms with Gasteiger partial charge in [0.2, 0.25) is 24.4 Å². The number of carbonyl (C=O) groups is 3. The van der Waals surface area contributed by atoms with Crippen LogP contribution in [0.15, 0.2) is 48.5 Å². The molecule has 3 aromatic carbocycles. The van der Waals surface area contributed by atoms with Crippen LogP contribution in [-0.4, -0.2) is 123 Å². The predicted octanol–water partition coefficient (Wildman–Crippen LogP) is 0.206. The normalized spacial score (nSPS) is 30.3. The first-order valence-electron chi connectivity index (χ1n) is 17.0. The van der Waals surface area contributed by atoms with E-state index in [-0.39, 0.29) is 49.7 Å². The molecule has 0 bridgehead atoms. The van der Waals surface area contributed by atoms with Crippen molar-refractivity contribution in [3.8, 4) is 23.0 Å². The van der Waals surface area contributed by atoms with Gasteiger partial charge in [-0.2, -0.15) is 0 Å². The van der Waals surface area contributed by atoms with Crippen molar-refractivity contribution in [1.82, 2.24) is 10.6 Å². The summed E-state index contributed by atoms with van der Waals surface area (Å²) < 4.78 is 36.2. The van der Waals surface area contributed by atoms with Crippen LogP contribution in [0.4, 0.5) is 0 Å². The van der Waals surface area contributed by atoms with Gasteiger partial charge in [-0.3, -0.25) is 9.59 Å². The largest absolute Gasteiger partial charge is 0.461 e. The van der Waals surface area contributed by atoms with Crippen molar-refractivity contribution in [2.75, 3.05) is 13.2 Å². The summed E-state index contributed by atoms with van der Waals surface area (Å²) in [4.78, 5) is 37.5. The summed E-state index contributed by atoms with van der Waals surface area (Å²) in [7, 11) is 0. The van der Waals surface area contributed by atoms with E-state index >= 15 is 0 Å². The number of esters is 1. The third-order valence-corrected chi connectivity index (χ3v) is 10.4. The summed E-state index contributed by atoms with van der Waals surface area (Å²) in [6.07, 6.45) is -11.9. The SMILES string of the molecule is CC(=O)N[C@H]1[C@H](Oc2cc3c(cc2Cl)C2(OC(=O)c4ccccc42)c2cc(Cl)c(O[C@@H]4O[C@H](CO)[C@@H](O)[C@H](O)[C@H]4NC(C)=O)cc2O3)O[C@H](CO)[C@@H](O)[C@@H]1O. The molecule has 3 aromatic rings. The molecule has 17 nitrogen and oxygen atoms in total. The van der Waals surface area contributed by atoms with Crippen LogP contribution < -0.4 is 24.8 Å². The molecule has 0 aromatic heterocycles. The van der Waals surface area contributed by atoms with E-state index in [9.17, 15) is 45.0 Å². The minimum Gasteiger partial charge on any atom is -0.461 e. The molecule has 2 saturated heterocycles. The van der Waals surface area contributed by atoms with E-state index < -0.39 is 97.9 Å². The molecule has 0 aliphatic carbocycles. The fraction of sp³-hybridized carbons (Fsp3) is 0.417. The molecule has 2 fully saturated rings. The lowest BCUT2D eigenvalue weighted by Gasteiger charge is -2.42. The number of aliphatic hydroxyl groups excluding tert-OH is 6. The minimum absolute atomic E-state index is 0.0415. The van der Waals surface area contributed by atoms with Gasteiger partial charge in [0.1, 0.15) is 71.7 Å². The van der Waals surface area contributed by atoms with E-state index in [0.717, 1.165) is 0 Å². The molecular weight excluding hydrogens is 771 g/mol. The van der Waals surface area contributed by atoms with Crippen molar-refractivity contribution < 1.29 is 73.4 Å². The van der Waals surface area contributed by atoms with Crippen molar-refractivity contribution in [2.24, 2.45) is 0 Å². The summed E-state index contributed by atoms with van der Waals surface area (Å²) in [6, 6.07) is 9.58. The maximum Gasteiger partial charge on any atom is 0.340 e. The molecule has 4 aliphatic rings. The zero-order valence-electron chi connectivity index (χ0n) is 28.9. The van der Waals surface area contributed by atoms with Gasteiger partial charge in [-0.1, -0.05) is 41.4 Å². The fourth-order valence-corrected chi connectivity index (χ4v) is 7.66. The molecule has 294 valence electrons. The van der Waals surface area contributed by atoms with Crippen molar-refractivity contribution in [3.05, 3.63) is 80.8 Å². The Labute approximate surface area is 322 Å². The number of aliphatic hydroxyl groups is 6. The predicted molar refractivity (Wildman–Crippen MR) is 187 cm³/mol. The summed E-state index contributed by atoms with van der Waals surface area (Å²) in [5, 5.41) is 67.0. The molecule has 7 rings (SSSR count). The molecule has 0 radical (unpaired) electrons. The molecule has 8 N–H and O–H groups in total. The Morgan fingerprint density at radius 1 is 0.727 bits per heavy atom. The zero-order chi connectivity index (χ0) is 39.5. The number of hydrogen-bond donors (Lipinski definition) is 8. The van der Waals surface area contributed by atoms with Crippen molar-refractivity contribution in [2.45, 2.75) is 80.7 Å². The molecule has 10 atom stereocenters. The summed E-state index contributed by atoms with van der Waals surface area (Å²) in [5.41, 5.74) is -0.561. The van der Waals surface area contributed by atoms with Gasteiger partial charge in [-0.05, 0) is 18.2 Å². The van der Waals surface area contributed by atoms with Gasteiger partial charge in [-0.15, -0.1) is 0 Å². The van der Waals surface area contributed by atoms with Gasteiger partial charge in [0.05, 0.1) is 28.8 Å². The monoisotopic (exact) mass is 806 g/mol. The Morgan fingerprint density at radius 2 is 1.18 bits per heavy atom. The van der Waals surface area contributed by atoms with Gasteiger partial charge in [0.15, 0.2) is 5.60 Å². The van der Waals surface area contributed by atoms with Gasteiger partial charge < -0.3 is 69.7 Å². The Kier molecular flexibility index (Phi) is 10.6. The Morgan fingerprint density at radius 3 is 1.62 bits per heavy atom. The highest BCUT2D eigenvalue weighted by atomic mass is 35.5. The molecule has 4 heterocycles. The minimum atomic E-state index is -1.70. The Balaban J connectivity index is 1.32. The second-order valence-corrected chi connectivity index (χ2v) is 14.2. The lowest BCUT2D eigenvalue weighted by Crippen LogP contribution is -2.65. The summed E-state index contributed by atoms with van der Waals surface area (Å²) >= 11 is 13.6. The van der Waals surface area contributed by atoms with Gasteiger partial charge in [0.25, 0.3) is 0 Å². The van der Waals surface area contributed by atoms with Crippen LogP contribution in [0.2, 0.25) is 10.0 Å². The highest BCUT2D eigenvalue weighted by Crippen LogP contribution is 2.59. The van der Waals surface area contributed by atoms with E-state index in [1.54, 1.807) is 24.3 Å². The number of hydrogen-bond acceptors (Lipinski definition) is 15. The molecular formula is C36H36Cl2N2O15. The first-order valence-corrected chi connectivity index (χ1v) is 17.7. The van der Waals surface area contributed by atoms with Crippen LogP contribution in [0.25, 0.3) is 0 Å². The number of ether oxygens (including phenoxy) is 6. The highest BCUT2D eigenvalue weighted by Gasteiger charge is 2.55. The number of benzene rings is 3. The number of fused-ring (bicyclic) bond motifs is 6. The van der Waals surface area contributed by atoms with E-state index in [2.05, 4.69) is 10.6 Å². The first-order chi connectivity index (χ1) is 26.2. The van der Waals surface area contributed by atoms with Crippen LogP contribution in [0, 0.1) is 0 Å². The third-order valence-electron chi connectivity index (χ3n) is 9.81. The van der Waals surface area contributed by atoms with Crippen LogP contribution in [0.1, 0.15) is 40.9 Å². The molecule has 1 spiro atoms. The second kappa shape index (κ2) is 15.0. The standard InChI is InChI=1S/C36H36Cl2N2O15/c1-13(43)39-27-31(47)29(45)25(11-41)53-34(27)51-23-9-21-17(7-19(23)37)36(16-6-4-3-5-15(16)33(49)55-36)18-8-20(38)24(10-22(18)50-21)52-35-28(40-14(2)44)32(48)30(46)26(12-42)54-35/h3-10,25-32,34-35,41-42,45-48H,11-12H2,1-2H3,(H,39,43)(H,40,44)/t25-,26-,27-,28-,29-,30-,31-,32-,34-,35-/m1/s1. The van der Waals surface area contributed by atoms with Crippen molar-refractivity contribution in [3.63, 3.8) is 0 Å². The smallest absolute Gasteiger partial charge is 0.340 e. The van der Waals surface area contributed by atoms with Crippen LogP contribution in [0.3, 0.4) is 0 Å². The van der Waals surface area contributed by atoms with Crippen LogP contribution in [-0.2, 0) is 29.4 Å². The maximum atomic E-state index is 13.5. The number of amides is 2. The van der Waals surface area contributed by atoms with Gasteiger partial charge >= 0.3 is 5.97 Å². The zero-order valence-corrected chi connectivity index (χ0v) is 30.4. The van der Waals surface area contributed by atoms with Crippen molar-refractivity contribution in [1.29, 1.82) is 0 Å². The van der Waals surface area contributed by atoms with Crippen molar-refractivity contribution >= 4 is 41.0 Å². The first kappa shape index (κ1) is 39.0. The molecule has 0 saturated carbocycles. The van der Waals surface area contributed by atoms with E-state index in [0.29, 0.717) is 5.56 Å². The molecule has 4 aliphatic heterocycles.